The van der Waals surface area contributed by atoms with E-state index in [0.717, 1.165) is 5.56 Å². The molecule has 0 radical (unpaired) electrons. The lowest BCUT2D eigenvalue weighted by molar-refractivity contribution is -0.313. The Morgan fingerprint density at radius 3 is 2.35 bits per heavy atom. The maximum absolute atomic E-state index is 11.9. The minimum Gasteiger partial charge on any atom is -0.811 e. The molecular formula is C14H20NO4P-2. The Bertz CT molecular complexity index is 469. The SMILES string of the molecule is CC(C)C[C@@H](CP(=O)([O-])[O-])NC(=O)Cc1ccccc1. The Labute approximate surface area is 119 Å². The molecule has 1 aromatic carbocycles. The molecule has 0 spiro atoms. The van der Waals surface area contributed by atoms with Crippen molar-refractivity contribution in [2.75, 3.05) is 6.16 Å². The summed E-state index contributed by atoms with van der Waals surface area (Å²) in [5.74, 6) is -0.0705. The van der Waals surface area contributed by atoms with Gasteiger partial charge in [0.2, 0.25) is 5.91 Å². The third-order valence-electron chi connectivity index (χ3n) is 2.77. The van der Waals surface area contributed by atoms with Gasteiger partial charge in [0.15, 0.2) is 0 Å². The smallest absolute Gasteiger partial charge is 0.224 e. The molecule has 0 aliphatic carbocycles. The van der Waals surface area contributed by atoms with Gasteiger partial charge in [-0.3, -0.25) is 4.79 Å². The molecule has 0 aliphatic rings. The molecule has 0 bridgehead atoms. The van der Waals surface area contributed by atoms with E-state index in [4.69, 9.17) is 0 Å². The molecule has 1 amide bonds. The standard InChI is InChI=1S/C14H22NO4P/c1-11(2)8-13(10-20(17,18)19)15-14(16)9-12-6-4-3-5-7-12/h3-7,11,13H,8-10H2,1-2H3,(H,15,16)(H2,17,18,19)/p-2/t13-/m0/s1. The van der Waals surface area contributed by atoms with Crippen LogP contribution in [0.1, 0.15) is 25.8 Å². The molecule has 20 heavy (non-hydrogen) atoms. The maximum Gasteiger partial charge on any atom is 0.224 e. The summed E-state index contributed by atoms with van der Waals surface area (Å²) < 4.78 is 10.9. The van der Waals surface area contributed by atoms with Crippen molar-refractivity contribution in [3.8, 4) is 0 Å². The molecule has 1 rings (SSSR count). The van der Waals surface area contributed by atoms with Gasteiger partial charge in [-0.05, 0) is 24.1 Å². The van der Waals surface area contributed by atoms with Crippen LogP contribution in [0.5, 0.6) is 0 Å². The first-order chi connectivity index (χ1) is 9.26. The van der Waals surface area contributed by atoms with E-state index in [0.29, 0.717) is 6.42 Å². The van der Waals surface area contributed by atoms with Crippen molar-refractivity contribution in [3.63, 3.8) is 0 Å². The molecule has 1 aromatic rings. The molecule has 1 atom stereocenters. The van der Waals surface area contributed by atoms with Gasteiger partial charge < -0.3 is 19.7 Å². The third kappa shape index (κ3) is 7.43. The molecule has 1 N–H and O–H groups in total. The average molecular weight is 297 g/mol. The van der Waals surface area contributed by atoms with E-state index in [2.05, 4.69) is 5.32 Å². The van der Waals surface area contributed by atoms with Gasteiger partial charge in [-0.1, -0.05) is 51.8 Å². The number of carbonyl (C=O) groups excluding carboxylic acids is 1. The summed E-state index contributed by atoms with van der Waals surface area (Å²) in [5, 5.41) is 2.64. The zero-order chi connectivity index (χ0) is 15.2. The minimum absolute atomic E-state index is 0.178. The summed E-state index contributed by atoms with van der Waals surface area (Å²) in [6, 6.07) is 8.54. The second-order valence-electron chi connectivity index (χ2n) is 5.35. The van der Waals surface area contributed by atoms with Gasteiger partial charge >= 0.3 is 0 Å². The highest BCUT2D eigenvalue weighted by molar-refractivity contribution is 7.48. The number of hydrogen-bond donors (Lipinski definition) is 1. The van der Waals surface area contributed by atoms with Crippen LogP contribution in [0.2, 0.25) is 0 Å². The fourth-order valence-electron chi connectivity index (χ4n) is 2.08. The number of nitrogens with one attached hydrogen (secondary N) is 1. The monoisotopic (exact) mass is 297 g/mol. The van der Waals surface area contributed by atoms with Crippen LogP contribution in [-0.2, 0) is 15.8 Å². The van der Waals surface area contributed by atoms with Crippen molar-refractivity contribution in [2.24, 2.45) is 5.92 Å². The summed E-state index contributed by atoms with van der Waals surface area (Å²) in [4.78, 5) is 33.7. The first-order valence-electron chi connectivity index (χ1n) is 6.60. The topological polar surface area (TPSA) is 92.3 Å². The van der Waals surface area contributed by atoms with Crippen LogP contribution in [0.4, 0.5) is 0 Å². The van der Waals surface area contributed by atoms with Gasteiger partial charge in [0, 0.05) is 6.04 Å². The molecule has 112 valence electrons. The molecule has 0 fully saturated rings. The van der Waals surface area contributed by atoms with Crippen molar-refractivity contribution in [1.29, 1.82) is 0 Å². The predicted molar refractivity (Wildman–Crippen MR) is 74.0 cm³/mol. The molecule has 0 aliphatic heterocycles. The highest BCUT2D eigenvalue weighted by Crippen LogP contribution is 2.26. The summed E-state index contributed by atoms with van der Waals surface area (Å²) in [5.41, 5.74) is 0.848. The summed E-state index contributed by atoms with van der Waals surface area (Å²) >= 11 is 0. The molecule has 0 saturated heterocycles. The highest BCUT2D eigenvalue weighted by Gasteiger charge is 2.15. The summed E-state index contributed by atoms with van der Waals surface area (Å²) in [7, 11) is -4.63. The number of rotatable bonds is 7. The molecule has 0 saturated carbocycles. The highest BCUT2D eigenvalue weighted by atomic mass is 31.2. The van der Waals surface area contributed by atoms with E-state index in [-0.39, 0.29) is 18.2 Å². The van der Waals surface area contributed by atoms with Gasteiger partial charge in [0.25, 0.3) is 0 Å². The zero-order valence-electron chi connectivity index (χ0n) is 11.7. The van der Waals surface area contributed by atoms with Crippen LogP contribution in [0.3, 0.4) is 0 Å². The number of amides is 1. The van der Waals surface area contributed by atoms with E-state index in [1.54, 1.807) is 0 Å². The lowest BCUT2D eigenvalue weighted by Crippen LogP contribution is -2.41. The fourth-order valence-corrected chi connectivity index (χ4v) is 2.86. The second-order valence-corrected chi connectivity index (χ2v) is 6.94. The van der Waals surface area contributed by atoms with Gasteiger partial charge in [-0.2, -0.15) is 0 Å². The molecule has 5 nitrogen and oxygen atoms in total. The van der Waals surface area contributed by atoms with Gasteiger partial charge in [-0.25, -0.2) is 0 Å². The van der Waals surface area contributed by atoms with E-state index in [9.17, 15) is 19.1 Å². The Kier molecular flexibility index (Phi) is 6.40. The first kappa shape index (κ1) is 16.9. The molecule has 6 heteroatoms. The quantitative estimate of drug-likeness (QED) is 0.749. The molecular weight excluding hydrogens is 277 g/mol. The van der Waals surface area contributed by atoms with Crippen LogP contribution >= 0.6 is 7.60 Å². The van der Waals surface area contributed by atoms with Crippen molar-refractivity contribution >= 4 is 13.5 Å². The van der Waals surface area contributed by atoms with Crippen LogP contribution in [0.15, 0.2) is 30.3 Å². The Hall–Kier alpha value is -1.16. The Morgan fingerprint density at radius 2 is 1.85 bits per heavy atom. The largest absolute Gasteiger partial charge is 0.811 e. The summed E-state index contributed by atoms with van der Waals surface area (Å²) in [6.07, 6.45) is 0.109. The van der Waals surface area contributed by atoms with Crippen molar-refractivity contribution in [2.45, 2.75) is 32.7 Å². The van der Waals surface area contributed by atoms with E-state index < -0.39 is 19.8 Å². The van der Waals surface area contributed by atoms with E-state index >= 15 is 0 Å². The van der Waals surface area contributed by atoms with E-state index in [1.807, 2.05) is 44.2 Å². The van der Waals surface area contributed by atoms with Crippen LogP contribution in [0, 0.1) is 5.92 Å². The summed E-state index contributed by atoms with van der Waals surface area (Å²) in [6.45, 7) is 3.83. The maximum atomic E-state index is 11.9. The van der Waals surface area contributed by atoms with Gasteiger partial charge in [-0.15, -0.1) is 0 Å². The first-order valence-corrected chi connectivity index (χ1v) is 8.33. The molecule has 0 unspecified atom stereocenters. The van der Waals surface area contributed by atoms with Gasteiger partial charge in [0.1, 0.15) is 0 Å². The number of hydrogen-bond acceptors (Lipinski definition) is 4. The lowest BCUT2D eigenvalue weighted by atomic mass is 10.0. The second kappa shape index (κ2) is 7.58. The van der Waals surface area contributed by atoms with Crippen molar-refractivity contribution in [3.05, 3.63) is 35.9 Å². The van der Waals surface area contributed by atoms with Gasteiger partial charge in [0.05, 0.1) is 6.42 Å². The Morgan fingerprint density at radius 1 is 1.25 bits per heavy atom. The molecule has 0 aromatic heterocycles. The van der Waals surface area contributed by atoms with Crippen LogP contribution < -0.4 is 15.1 Å². The third-order valence-corrected chi connectivity index (χ3v) is 3.66. The van der Waals surface area contributed by atoms with Crippen molar-refractivity contribution < 1.29 is 19.1 Å². The fraction of sp³-hybridized carbons (Fsp3) is 0.500. The van der Waals surface area contributed by atoms with Crippen molar-refractivity contribution in [1.82, 2.24) is 5.32 Å². The minimum atomic E-state index is -4.63. The average Bonchev–Trinajstić information content (AvgIpc) is 2.26. The zero-order valence-corrected chi connectivity index (χ0v) is 12.6. The van der Waals surface area contributed by atoms with Crippen LogP contribution in [0.25, 0.3) is 0 Å². The van der Waals surface area contributed by atoms with Crippen LogP contribution in [-0.4, -0.2) is 18.1 Å². The predicted octanol–water partition coefficient (Wildman–Crippen LogP) is 0.674. The number of carbonyl (C=O) groups is 1. The normalized spacial score (nSPS) is 13.2. The lowest BCUT2D eigenvalue weighted by Gasteiger charge is -2.34. The molecule has 0 heterocycles. The van der Waals surface area contributed by atoms with E-state index in [1.165, 1.54) is 0 Å². The Balaban J connectivity index is 2.59. The number of benzene rings is 1.